The largest absolute Gasteiger partial charge is 0.392 e. The lowest BCUT2D eigenvalue weighted by atomic mass is 9.84. The maximum atomic E-state index is 13.6. The predicted octanol–water partition coefficient (Wildman–Crippen LogP) is 3.87. The zero-order valence-corrected chi connectivity index (χ0v) is 13.3. The van der Waals surface area contributed by atoms with Crippen molar-refractivity contribution < 1.29 is 14.2 Å². The quantitative estimate of drug-likeness (QED) is 0.856. The number of aliphatic hydroxyl groups is 1. The third kappa shape index (κ3) is 3.54. The van der Waals surface area contributed by atoms with Crippen LogP contribution in [0, 0.1) is 11.7 Å². The molecule has 112 valence electrons. The summed E-state index contributed by atoms with van der Waals surface area (Å²) in [4.78, 5) is 0.586. The molecule has 0 amide bonds. The number of halogens is 1. The molecule has 0 aromatic heterocycles. The highest BCUT2D eigenvalue weighted by Gasteiger charge is 2.48. The van der Waals surface area contributed by atoms with Crippen LogP contribution in [0.25, 0.3) is 0 Å². The minimum absolute atomic E-state index is 0.0665. The van der Waals surface area contributed by atoms with Crippen molar-refractivity contribution in [2.24, 2.45) is 5.92 Å². The highest BCUT2D eigenvalue weighted by Crippen LogP contribution is 2.44. The molecule has 2 nitrogen and oxygen atoms in total. The Labute approximate surface area is 124 Å². The zero-order valence-electron chi connectivity index (χ0n) is 12.5. The smallest absolute Gasteiger partial charge is 0.136 e. The molecular formula is C16H23FO2S. The van der Waals surface area contributed by atoms with Gasteiger partial charge in [0, 0.05) is 16.6 Å². The summed E-state index contributed by atoms with van der Waals surface area (Å²) in [7, 11) is 0. The summed E-state index contributed by atoms with van der Waals surface area (Å²) in [6.45, 7) is 8.13. The van der Waals surface area contributed by atoms with Gasteiger partial charge in [0.05, 0.1) is 17.3 Å². The fraction of sp³-hybridized carbons (Fsp3) is 0.625. The number of hydrogen-bond acceptors (Lipinski definition) is 3. The fourth-order valence-corrected chi connectivity index (χ4v) is 4.02. The first kappa shape index (κ1) is 15.8. The van der Waals surface area contributed by atoms with Crippen LogP contribution in [0.4, 0.5) is 4.39 Å². The van der Waals surface area contributed by atoms with Crippen molar-refractivity contribution in [3.05, 3.63) is 30.1 Å². The Bertz CT molecular complexity index is 473. The van der Waals surface area contributed by atoms with E-state index in [1.54, 1.807) is 12.1 Å². The molecular weight excluding hydrogens is 275 g/mol. The lowest BCUT2D eigenvalue weighted by molar-refractivity contribution is -0.0853. The van der Waals surface area contributed by atoms with Gasteiger partial charge in [0.1, 0.15) is 5.82 Å². The number of aliphatic hydroxyl groups excluding tert-OH is 1. The Hall–Kier alpha value is -0.580. The van der Waals surface area contributed by atoms with Gasteiger partial charge in [-0.25, -0.2) is 4.39 Å². The molecule has 0 bridgehead atoms. The SMILES string of the molecule is CC1(C)CC(C(O)CSc2ccccc2F)C(C)(C)O1. The van der Waals surface area contributed by atoms with Gasteiger partial charge in [0.15, 0.2) is 0 Å². The van der Waals surface area contributed by atoms with E-state index >= 15 is 0 Å². The van der Waals surface area contributed by atoms with Crippen molar-refractivity contribution >= 4 is 11.8 Å². The summed E-state index contributed by atoms with van der Waals surface area (Å²) in [6, 6.07) is 6.67. The van der Waals surface area contributed by atoms with Crippen LogP contribution in [-0.2, 0) is 4.74 Å². The summed E-state index contributed by atoms with van der Waals surface area (Å²) >= 11 is 1.36. The van der Waals surface area contributed by atoms with E-state index in [2.05, 4.69) is 0 Å². The molecule has 20 heavy (non-hydrogen) atoms. The normalized spacial score (nSPS) is 25.6. The van der Waals surface area contributed by atoms with E-state index in [4.69, 9.17) is 4.74 Å². The third-order valence-electron chi connectivity index (χ3n) is 3.85. The van der Waals surface area contributed by atoms with E-state index in [0.29, 0.717) is 10.6 Å². The van der Waals surface area contributed by atoms with E-state index in [1.165, 1.54) is 17.8 Å². The summed E-state index contributed by atoms with van der Waals surface area (Å²) in [5.41, 5.74) is -0.559. The van der Waals surface area contributed by atoms with Crippen LogP contribution in [0.2, 0.25) is 0 Å². The molecule has 0 saturated carbocycles. The van der Waals surface area contributed by atoms with Crippen molar-refractivity contribution in [3.8, 4) is 0 Å². The Morgan fingerprint density at radius 1 is 1.35 bits per heavy atom. The number of hydrogen-bond donors (Lipinski definition) is 1. The van der Waals surface area contributed by atoms with E-state index in [9.17, 15) is 9.50 Å². The Balaban J connectivity index is 1.99. The molecule has 1 saturated heterocycles. The third-order valence-corrected chi connectivity index (χ3v) is 5.00. The van der Waals surface area contributed by atoms with Gasteiger partial charge in [0.25, 0.3) is 0 Å². The fourth-order valence-electron chi connectivity index (χ4n) is 3.06. The second kappa shape index (κ2) is 5.66. The van der Waals surface area contributed by atoms with Crippen molar-refractivity contribution in [3.63, 3.8) is 0 Å². The molecule has 0 aliphatic carbocycles. The molecule has 1 aliphatic heterocycles. The lowest BCUT2D eigenvalue weighted by Gasteiger charge is -2.30. The Kier molecular flexibility index (Phi) is 4.47. The molecule has 2 rings (SSSR count). The summed E-state index contributed by atoms with van der Waals surface area (Å²) < 4.78 is 19.6. The monoisotopic (exact) mass is 298 g/mol. The van der Waals surface area contributed by atoms with Crippen LogP contribution in [-0.4, -0.2) is 28.2 Å². The van der Waals surface area contributed by atoms with E-state index in [0.717, 1.165) is 6.42 Å². The number of benzene rings is 1. The highest BCUT2D eigenvalue weighted by molar-refractivity contribution is 7.99. The molecule has 1 N–H and O–H groups in total. The first-order chi connectivity index (χ1) is 9.21. The molecule has 4 heteroatoms. The van der Waals surface area contributed by atoms with Crippen molar-refractivity contribution in [2.75, 3.05) is 5.75 Å². The Morgan fingerprint density at radius 3 is 2.55 bits per heavy atom. The molecule has 2 unspecified atom stereocenters. The summed E-state index contributed by atoms with van der Waals surface area (Å²) in [5.74, 6) is 0.317. The number of ether oxygens (including phenoxy) is 1. The molecule has 1 aromatic rings. The van der Waals surface area contributed by atoms with E-state index < -0.39 is 6.10 Å². The van der Waals surface area contributed by atoms with Crippen LogP contribution in [0.3, 0.4) is 0 Å². The van der Waals surface area contributed by atoms with Crippen molar-refractivity contribution in [1.82, 2.24) is 0 Å². The molecule has 0 radical (unpaired) electrons. The predicted molar refractivity (Wildman–Crippen MR) is 80.5 cm³/mol. The molecule has 1 heterocycles. The molecule has 1 aromatic carbocycles. The lowest BCUT2D eigenvalue weighted by Crippen LogP contribution is -2.37. The molecule has 2 atom stereocenters. The summed E-state index contributed by atoms with van der Waals surface area (Å²) in [5, 5.41) is 10.4. The average molecular weight is 298 g/mol. The number of rotatable bonds is 4. The summed E-state index contributed by atoms with van der Waals surface area (Å²) in [6.07, 6.45) is 0.315. The van der Waals surface area contributed by atoms with Crippen molar-refractivity contribution in [1.29, 1.82) is 0 Å². The van der Waals surface area contributed by atoms with E-state index in [1.807, 2.05) is 33.8 Å². The number of thioether (sulfide) groups is 1. The van der Waals surface area contributed by atoms with Crippen LogP contribution in [0.1, 0.15) is 34.1 Å². The van der Waals surface area contributed by atoms with Gasteiger partial charge in [-0.1, -0.05) is 12.1 Å². The zero-order chi connectivity index (χ0) is 15.0. The van der Waals surface area contributed by atoms with Gasteiger partial charge in [-0.05, 0) is 46.2 Å². The van der Waals surface area contributed by atoms with Gasteiger partial charge in [-0.3, -0.25) is 0 Å². The van der Waals surface area contributed by atoms with Gasteiger partial charge in [-0.2, -0.15) is 0 Å². The molecule has 1 fully saturated rings. The first-order valence-electron chi connectivity index (χ1n) is 6.97. The topological polar surface area (TPSA) is 29.5 Å². The highest BCUT2D eigenvalue weighted by atomic mass is 32.2. The standard InChI is InChI=1S/C16H23FO2S/c1-15(2)9-11(16(3,4)19-15)13(18)10-20-14-8-6-5-7-12(14)17/h5-8,11,13,18H,9-10H2,1-4H3. The van der Waals surface area contributed by atoms with Gasteiger partial charge in [-0.15, -0.1) is 11.8 Å². The molecule has 0 spiro atoms. The first-order valence-corrected chi connectivity index (χ1v) is 7.95. The second-order valence-corrected chi connectivity index (χ2v) is 7.65. The molecule has 1 aliphatic rings. The van der Waals surface area contributed by atoms with Crippen LogP contribution >= 0.6 is 11.8 Å². The van der Waals surface area contributed by atoms with Gasteiger partial charge < -0.3 is 9.84 Å². The van der Waals surface area contributed by atoms with E-state index in [-0.39, 0.29) is 22.9 Å². The van der Waals surface area contributed by atoms with Gasteiger partial charge >= 0.3 is 0 Å². The van der Waals surface area contributed by atoms with Crippen LogP contribution in [0.5, 0.6) is 0 Å². The minimum Gasteiger partial charge on any atom is -0.392 e. The minimum atomic E-state index is -0.503. The Morgan fingerprint density at radius 2 is 2.00 bits per heavy atom. The average Bonchev–Trinajstić information content (AvgIpc) is 2.56. The van der Waals surface area contributed by atoms with Crippen LogP contribution in [0.15, 0.2) is 29.2 Å². The second-order valence-electron chi connectivity index (χ2n) is 6.58. The van der Waals surface area contributed by atoms with Crippen molar-refractivity contribution in [2.45, 2.75) is 56.3 Å². The van der Waals surface area contributed by atoms with Gasteiger partial charge in [0.2, 0.25) is 0 Å². The maximum Gasteiger partial charge on any atom is 0.136 e. The van der Waals surface area contributed by atoms with Crippen LogP contribution < -0.4 is 0 Å². The maximum absolute atomic E-state index is 13.6.